The molecule has 0 aromatic rings. The van der Waals surface area contributed by atoms with Gasteiger partial charge in [0.1, 0.15) is 0 Å². The Labute approximate surface area is 277 Å². The lowest BCUT2D eigenvalue weighted by Gasteiger charge is -2.34. The van der Waals surface area contributed by atoms with Gasteiger partial charge in [-0.25, -0.2) is 0 Å². The number of ether oxygens (including phenoxy) is 7. The summed E-state index contributed by atoms with van der Waals surface area (Å²) in [6, 6.07) is 0. The lowest BCUT2D eigenvalue weighted by Crippen LogP contribution is -2.48. The smallest absolute Gasteiger partial charge is 0.0824 e. The van der Waals surface area contributed by atoms with Gasteiger partial charge >= 0.3 is 0 Å². The van der Waals surface area contributed by atoms with E-state index in [0.29, 0.717) is 18.8 Å². The summed E-state index contributed by atoms with van der Waals surface area (Å²) in [6.07, 6.45) is 6.27. The van der Waals surface area contributed by atoms with Gasteiger partial charge in [-0.05, 0) is 51.7 Å². The second-order valence-corrected chi connectivity index (χ2v) is 11.8. The summed E-state index contributed by atoms with van der Waals surface area (Å²) in [4.78, 5) is 7.03. The second-order valence-electron chi connectivity index (χ2n) is 11.8. The van der Waals surface area contributed by atoms with Crippen molar-refractivity contribution in [1.82, 2.24) is 20.0 Å². The van der Waals surface area contributed by atoms with E-state index in [9.17, 15) is 0 Å². The van der Waals surface area contributed by atoms with Gasteiger partial charge in [-0.2, -0.15) is 0 Å². The van der Waals surface area contributed by atoms with E-state index in [1.165, 1.54) is 38.8 Å². The minimum Gasteiger partial charge on any atom is -0.394 e. The largest absolute Gasteiger partial charge is 0.394 e. The van der Waals surface area contributed by atoms with Crippen LogP contribution in [0.15, 0.2) is 0 Å². The number of nitrogens with zero attached hydrogens (tertiary/aromatic N) is 3. The minimum absolute atomic E-state index is 0.122. The monoisotopic (exact) mass is 655 g/mol. The highest BCUT2D eigenvalue weighted by Gasteiger charge is 2.21. The Morgan fingerprint density at radius 1 is 0.711 bits per heavy atom. The van der Waals surface area contributed by atoms with Crippen LogP contribution in [0, 0.1) is 5.92 Å². The highest BCUT2D eigenvalue weighted by atomic mass is 16.5. The third-order valence-corrected chi connectivity index (χ3v) is 7.39. The third-order valence-electron chi connectivity index (χ3n) is 7.39. The van der Waals surface area contributed by atoms with Crippen molar-refractivity contribution in [3.8, 4) is 0 Å². The number of aliphatic hydroxyl groups excluding tert-OH is 1. The first-order valence-electron chi connectivity index (χ1n) is 16.8. The molecule has 0 aromatic heterocycles. The molecule has 274 valence electrons. The average Bonchev–Trinajstić information content (AvgIpc) is 3.53. The van der Waals surface area contributed by atoms with Crippen molar-refractivity contribution in [3.05, 3.63) is 0 Å². The molecule has 0 saturated carbocycles. The van der Waals surface area contributed by atoms with Crippen molar-refractivity contribution in [3.63, 3.8) is 0 Å². The maximum absolute atomic E-state index is 7.94. The van der Waals surface area contributed by atoms with Crippen LogP contribution in [0.1, 0.15) is 39.5 Å². The molecular formula is C33H74N4O8. The number of morpholine rings is 1. The first-order valence-corrected chi connectivity index (χ1v) is 16.8. The standard InChI is InChI=1S/C7H15NO2.C7H15NO.C7H16O.C5H11NO.C4H9NO.C3H8O2/c1-9-5-2-8-3-6-10-7-4-8;1-9-7-6-8-4-2-3-5-8;1-7(2)5-4-6-8-3;1-6-3-5(4-6)7-2;1-6-4-2-5-3-4;1-5-3-2-4/h2-7H2,1H3;2-7H2,1H3;7H,4-6H2,1-3H3;5H,3-4H2,1-2H3;4-5H,2-3H2,1H3;4H,2-3H2,1H3. The van der Waals surface area contributed by atoms with Crippen molar-refractivity contribution >= 4 is 0 Å². The molecule has 12 heteroatoms. The summed E-state index contributed by atoms with van der Waals surface area (Å²) < 4.78 is 34.4. The molecule has 0 aromatic carbocycles. The normalized spacial score (nSPS) is 18.7. The number of hydrogen-bond donors (Lipinski definition) is 2. The van der Waals surface area contributed by atoms with E-state index in [4.69, 9.17) is 33.5 Å². The number of rotatable bonds is 14. The van der Waals surface area contributed by atoms with E-state index < -0.39 is 0 Å². The first-order chi connectivity index (χ1) is 21.8. The molecule has 12 nitrogen and oxygen atoms in total. The zero-order valence-electron chi connectivity index (χ0n) is 30.7. The van der Waals surface area contributed by atoms with Crippen LogP contribution < -0.4 is 5.32 Å². The molecule has 4 aliphatic heterocycles. The average molecular weight is 655 g/mol. The van der Waals surface area contributed by atoms with Crippen LogP contribution in [-0.4, -0.2) is 193 Å². The summed E-state index contributed by atoms with van der Waals surface area (Å²) in [5.41, 5.74) is 0. The maximum Gasteiger partial charge on any atom is 0.0824 e. The van der Waals surface area contributed by atoms with Gasteiger partial charge in [0.05, 0.1) is 51.8 Å². The van der Waals surface area contributed by atoms with Gasteiger partial charge in [0.2, 0.25) is 0 Å². The molecule has 0 unspecified atom stereocenters. The van der Waals surface area contributed by atoms with E-state index in [1.54, 1.807) is 42.7 Å². The van der Waals surface area contributed by atoms with Crippen LogP contribution in [0.2, 0.25) is 0 Å². The molecule has 0 atom stereocenters. The zero-order valence-corrected chi connectivity index (χ0v) is 30.7. The minimum atomic E-state index is 0.122. The molecular weight excluding hydrogens is 580 g/mol. The van der Waals surface area contributed by atoms with Crippen molar-refractivity contribution in [2.75, 3.05) is 161 Å². The van der Waals surface area contributed by atoms with Crippen LogP contribution in [0.4, 0.5) is 0 Å². The zero-order chi connectivity index (χ0) is 34.0. The summed E-state index contributed by atoms with van der Waals surface area (Å²) >= 11 is 0. The van der Waals surface area contributed by atoms with Gasteiger partial charge < -0.3 is 53.4 Å². The van der Waals surface area contributed by atoms with Crippen LogP contribution in [0.5, 0.6) is 0 Å². The number of likely N-dealkylation sites (N-methyl/N-ethyl adjacent to an activating group) is 1. The van der Waals surface area contributed by atoms with E-state index >= 15 is 0 Å². The summed E-state index contributed by atoms with van der Waals surface area (Å²) in [7, 11) is 12.4. The molecule has 4 saturated heterocycles. The van der Waals surface area contributed by atoms with Crippen molar-refractivity contribution in [2.45, 2.75) is 51.7 Å². The third kappa shape index (κ3) is 33.2. The highest BCUT2D eigenvalue weighted by Crippen LogP contribution is 2.06. The highest BCUT2D eigenvalue weighted by molar-refractivity contribution is 4.76. The molecule has 0 aliphatic carbocycles. The Bertz CT molecular complexity index is 542. The topological polar surface area (TPSA) is 107 Å². The number of likely N-dealkylation sites (tertiary alicyclic amines) is 2. The number of nitrogens with one attached hydrogen (secondary N) is 1. The fourth-order valence-corrected chi connectivity index (χ4v) is 4.22. The predicted octanol–water partition coefficient (Wildman–Crippen LogP) is 1.94. The number of methoxy groups -OCH3 is 6. The van der Waals surface area contributed by atoms with Gasteiger partial charge in [-0.1, -0.05) is 13.8 Å². The molecule has 0 amide bonds. The van der Waals surface area contributed by atoms with Gasteiger partial charge in [-0.3, -0.25) is 4.90 Å². The first kappa shape index (κ1) is 46.6. The summed E-state index contributed by atoms with van der Waals surface area (Å²) in [5.74, 6) is 0.824. The summed E-state index contributed by atoms with van der Waals surface area (Å²) in [6.45, 7) is 20.6. The molecule has 4 heterocycles. The van der Waals surface area contributed by atoms with Gasteiger partial charge in [0.15, 0.2) is 0 Å². The lowest BCUT2D eigenvalue weighted by molar-refractivity contribution is -0.0155. The molecule has 2 N–H and O–H groups in total. The summed E-state index contributed by atoms with van der Waals surface area (Å²) in [5, 5.41) is 11.0. The molecule has 0 radical (unpaired) electrons. The number of hydrogen-bond acceptors (Lipinski definition) is 12. The molecule has 0 bridgehead atoms. The van der Waals surface area contributed by atoms with Gasteiger partial charge in [0, 0.05) is 102 Å². The molecule has 4 rings (SSSR count). The van der Waals surface area contributed by atoms with Crippen LogP contribution in [0.3, 0.4) is 0 Å². The van der Waals surface area contributed by atoms with Crippen LogP contribution in [0.25, 0.3) is 0 Å². The van der Waals surface area contributed by atoms with Crippen molar-refractivity contribution in [2.24, 2.45) is 5.92 Å². The maximum atomic E-state index is 7.94. The van der Waals surface area contributed by atoms with Crippen molar-refractivity contribution < 1.29 is 38.3 Å². The molecule has 4 fully saturated rings. The van der Waals surface area contributed by atoms with E-state index in [2.05, 4.69) is 45.6 Å². The Morgan fingerprint density at radius 3 is 1.49 bits per heavy atom. The van der Waals surface area contributed by atoms with E-state index in [0.717, 1.165) is 91.3 Å². The predicted molar refractivity (Wildman–Crippen MR) is 184 cm³/mol. The van der Waals surface area contributed by atoms with Gasteiger partial charge in [-0.15, -0.1) is 0 Å². The fourth-order valence-electron chi connectivity index (χ4n) is 4.22. The second kappa shape index (κ2) is 36.4. The molecule has 0 spiro atoms. The quantitative estimate of drug-likeness (QED) is 0.268. The van der Waals surface area contributed by atoms with Crippen LogP contribution in [-0.2, 0) is 33.2 Å². The van der Waals surface area contributed by atoms with Crippen LogP contribution >= 0.6 is 0 Å². The van der Waals surface area contributed by atoms with E-state index in [-0.39, 0.29) is 6.61 Å². The SMILES string of the molecule is COC1CN(C)C1.COC1CNC1.COCCCC(C)C.COCCN1CCCC1.COCCN1CCOCC1.COCCO. The Morgan fingerprint density at radius 2 is 1.20 bits per heavy atom. The Hall–Kier alpha value is -0.480. The van der Waals surface area contributed by atoms with Gasteiger partial charge in [0.25, 0.3) is 0 Å². The molecule has 45 heavy (non-hydrogen) atoms. The van der Waals surface area contributed by atoms with Crippen molar-refractivity contribution in [1.29, 1.82) is 0 Å². The lowest BCUT2D eigenvalue weighted by atomic mass is 10.1. The Kier molecular flexibility index (Phi) is 37.7. The Balaban J connectivity index is 0. The number of aliphatic hydroxyl groups is 1. The fraction of sp³-hybridized carbons (Fsp3) is 1.00. The molecule has 4 aliphatic rings. The van der Waals surface area contributed by atoms with E-state index in [1.807, 2.05) is 0 Å².